The first-order valence-electron chi connectivity index (χ1n) is 6.46. The number of hydrogen-bond donors (Lipinski definition) is 1. The molecule has 0 amide bonds. The van der Waals surface area contributed by atoms with Crippen LogP contribution in [0.15, 0.2) is 48.6 Å². The molecule has 0 aromatic heterocycles. The van der Waals surface area contributed by atoms with E-state index >= 15 is 0 Å². The molecule has 3 heteroatoms. The first kappa shape index (κ1) is 12.9. The van der Waals surface area contributed by atoms with Gasteiger partial charge in [0.1, 0.15) is 5.75 Å². The molecule has 0 fully saturated rings. The van der Waals surface area contributed by atoms with E-state index in [2.05, 4.69) is 0 Å². The number of carbonyl (C=O) groups is 1. The Hall–Kier alpha value is -2.06. The molecule has 2 aromatic carbocycles. The van der Waals surface area contributed by atoms with Crippen LogP contribution in [0.4, 0.5) is 0 Å². The number of carbonyl (C=O) groups excluding carboxylic acids is 1. The molecule has 2 aromatic rings. The Morgan fingerprint density at radius 1 is 0.950 bits per heavy atom. The predicted octanol–water partition coefficient (Wildman–Crippen LogP) is 3.93. The predicted molar refractivity (Wildman–Crippen MR) is 79.5 cm³/mol. The fraction of sp³-hybridized carbons (Fsp3) is 0.118. The summed E-state index contributed by atoms with van der Waals surface area (Å²) in [6, 6.07) is 10.3. The van der Waals surface area contributed by atoms with E-state index in [0.29, 0.717) is 29.0 Å². The number of hydrogen-bond acceptors (Lipinski definition) is 2. The van der Waals surface area contributed by atoms with Crippen LogP contribution in [-0.4, -0.2) is 10.9 Å². The lowest BCUT2D eigenvalue weighted by Crippen LogP contribution is -2.10. The van der Waals surface area contributed by atoms with E-state index < -0.39 is 0 Å². The topological polar surface area (TPSA) is 37.3 Å². The lowest BCUT2D eigenvalue weighted by Gasteiger charge is -2.17. The van der Waals surface area contributed by atoms with Crippen LogP contribution in [0.2, 0.25) is 5.02 Å². The monoisotopic (exact) mass is 284 g/mol. The van der Waals surface area contributed by atoms with Crippen molar-refractivity contribution in [3.05, 3.63) is 75.8 Å². The molecule has 1 N–H and O–H groups in total. The van der Waals surface area contributed by atoms with E-state index in [-0.39, 0.29) is 11.5 Å². The van der Waals surface area contributed by atoms with Gasteiger partial charge in [-0.15, -0.1) is 0 Å². The molecule has 0 heterocycles. The molecule has 0 bridgehead atoms. The van der Waals surface area contributed by atoms with Crippen molar-refractivity contribution in [3.63, 3.8) is 0 Å². The maximum atomic E-state index is 12.7. The quantitative estimate of drug-likeness (QED) is 0.670. The molecule has 0 radical (unpaired) electrons. The first-order chi connectivity index (χ1) is 9.68. The largest absolute Gasteiger partial charge is 0.508 e. The van der Waals surface area contributed by atoms with Gasteiger partial charge in [0.15, 0.2) is 5.78 Å². The number of allylic oxidation sites excluding steroid dienone is 2. The fourth-order valence-corrected chi connectivity index (χ4v) is 2.77. The Morgan fingerprint density at radius 3 is 2.40 bits per heavy atom. The van der Waals surface area contributed by atoms with Crippen LogP contribution in [-0.2, 0) is 12.8 Å². The molecule has 1 aliphatic carbocycles. The van der Waals surface area contributed by atoms with E-state index in [1.165, 1.54) is 0 Å². The number of ketones is 1. The standard InChI is InChI=1S/C17H13ClO2/c18-15-8-4-3-7-14(15)17(20)13-9-10-16(19)12-6-2-1-5-11(12)13/h1-4,7-10,19H,5-6H2. The summed E-state index contributed by atoms with van der Waals surface area (Å²) in [5, 5.41) is 10.4. The van der Waals surface area contributed by atoms with Gasteiger partial charge in [0, 0.05) is 16.7 Å². The molecule has 0 spiro atoms. The summed E-state index contributed by atoms with van der Waals surface area (Å²) < 4.78 is 0. The summed E-state index contributed by atoms with van der Waals surface area (Å²) in [6.45, 7) is 0. The number of fused-ring (bicyclic) bond motifs is 1. The smallest absolute Gasteiger partial charge is 0.194 e. The van der Waals surface area contributed by atoms with Crippen molar-refractivity contribution in [1.82, 2.24) is 0 Å². The van der Waals surface area contributed by atoms with E-state index in [1.807, 2.05) is 12.2 Å². The van der Waals surface area contributed by atoms with E-state index in [9.17, 15) is 9.90 Å². The summed E-state index contributed by atoms with van der Waals surface area (Å²) in [5.41, 5.74) is 2.86. The van der Waals surface area contributed by atoms with Crippen molar-refractivity contribution >= 4 is 17.4 Å². The van der Waals surface area contributed by atoms with Gasteiger partial charge >= 0.3 is 0 Å². The van der Waals surface area contributed by atoms with E-state index in [4.69, 9.17) is 11.6 Å². The molecular formula is C17H13ClO2. The highest BCUT2D eigenvalue weighted by Crippen LogP contribution is 2.31. The maximum absolute atomic E-state index is 12.7. The number of rotatable bonds is 2. The summed E-state index contributed by atoms with van der Waals surface area (Å²) in [5.74, 6) is 0.155. The van der Waals surface area contributed by atoms with Crippen molar-refractivity contribution in [2.24, 2.45) is 0 Å². The lowest BCUT2D eigenvalue weighted by atomic mass is 9.88. The highest BCUT2D eigenvalue weighted by atomic mass is 35.5. The molecule has 1 aliphatic rings. The third-order valence-corrected chi connectivity index (χ3v) is 3.91. The highest BCUT2D eigenvalue weighted by molar-refractivity contribution is 6.35. The molecule has 3 rings (SSSR count). The maximum Gasteiger partial charge on any atom is 0.194 e. The Balaban J connectivity index is 2.13. The van der Waals surface area contributed by atoms with E-state index in [1.54, 1.807) is 36.4 Å². The van der Waals surface area contributed by atoms with Crippen LogP contribution in [0.3, 0.4) is 0 Å². The van der Waals surface area contributed by atoms with Crippen LogP contribution in [0.1, 0.15) is 27.0 Å². The summed E-state index contributed by atoms with van der Waals surface area (Å²) in [4.78, 5) is 12.7. The van der Waals surface area contributed by atoms with Crippen LogP contribution in [0.5, 0.6) is 5.75 Å². The zero-order valence-electron chi connectivity index (χ0n) is 10.8. The summed E-state index contributed by atoms with van der Waals surface area (Å²) >= 11 is 6.10. The average Bonchev–Trinajstić information content (AvgIpc) is 2.48. The third kappa shape index (κ3) is 2.12. The van der Waals surface area contributed by atoms with Crippen molar-refractivity contribution < 1.29 is 9.90 Å². The third-order valence-electron chi connectivity index (χ3n) is 3.58. The van der Waals surface area contributed by atoms with Gasteiger partial charge in [-0.2, -0.15) is 0 Å². The molecule has 0 saturated carbocycles. The number of phenols is 1. The highest BCUT2D eigenvalue weighted by Gasteiger charge is 2.20. The minimum absolute atomic E-state index is 0.0952. The van der Waals surface area contributed by atoms with Crippen molar-refractivity contribution in [3.8, 4) is 5.75 Å². The normalized spacial score (nSPS) is 13.1. The molecule has 0 saturated heterocycles. The van der Waals surface area contributed by atoms with Gasteiger partial charge in [-0.25, -0.2) is 0 Å². The second-order valence-electron chi connectivity index (χ2n) is 4.78. The van der Waals surface area contributed by atoms with Gasteiger partial charge in [0.05, 0.1) is 5.02 Å². The second-order valence-corrected chi connectivity index (χ2v) is 5.19. The number of aromatic hydroxyl groups is 1. The molecule has 0 unspecified atom stereocenters. The molecule has 2 nitrogen and oxygen atoms in total. The molecule has 0 atom stereocenters. The average molecular weight is 285 g/mol. The first-order valence-corrected chi connectivity index (χ1v) is 6.84. The number of phenolic OH excluding ortho intramolecular Hbond substituents is 1. The van der Waals surface area contributed by atoms with Crippen molar-refractivity contribution in [1.29, 1.82) is 0 Å². The van der Waals surface area contributed by atoms with Gasteiger partial charge in [-0.05, 0) is 42.7 Å². The molecule has 0 aliphatic heterocycles. The SMILES string of the molecule is O=C(c1ccccc1Cl)c1ccc(O)c2c1CC=CC2. The second kappa shape index (κ2) is 5.14. The summed E-state index contributed by atoms with van der Waals surface area (Å²) in [6.07, 6.45) is 5.34. The number of halogens is 1. The van der Waals surface area contributed by atoms with Gasteiger partial charge in [0.25, 0.3) is 0 Å². The van der Waals surface area contributed by atoms with Crippen LogP contribution in [0.25, 0.3) is 0 Å². The minimum Gasteiger partial charge on any atom is -0.508 e. The molecular weight excluding hydrogens is 272 g/mol. The summed E-state index contributed by atoms with van der Waals surface area (Å²) in [7, 11) is 0. The van der Waals surface area contributed by atoms with Gasteiger partial charge in [-0.1, -0.05) is 35.9 Å². The Bertz CT molecular complexity index is 717. The number of benzene rings is 2. The van der Waals surface area contributed by atoms with Gasteiger partial charge in [-0.3, -0.25) is 4.79 Å². The lowest BCUT2D eigenvalue weighted by molar-refractivity contribution is 0.103. The fourth-order valence-electron chi connectivity index (χ4n) is 2.55. The Kier molecular flexibility index (Phi) is 3.33. The van der Waals surface area contributed by atoms with Crippen molar-refractivity contribution in [2.75, 3.05) is 0 Å². The zero-order valence-corrected chi connectivity index (χ0v) is 11.5. The molecule has 20 heavy (non-hydrogen) atoms. The Labute approximate surface area is 122 Å². The van der Waals surface area contributed by atoms with E-state index in [0.717, 1.165) is 11.1 Å². The Morgan fingerprint density at radius 2 is 1.65 bits per heavy atom. The zero-order chi connectivity index (χ0) is 14.1. The molecule has 100 valence electrons. The van der Waals surface area contributed by atoms with Crippen LogP contribution >= 0.6 is 11.6 Å². The van der Waals surface area contributed by atoms with Gasteiger partial charge in [0.2, 0.25) is 0 Å². The van der Waals surface area contributed by atoms with Gasteiger partial charge < -0.3 is 5.11 Å². The van der Waals surface area contributed by atoms with Crippen molar-refractivity contribution in [2.45, 2.75) is 12.8 Å². The van der Waals surface area contributed by atoms with Crippen LogP contribution in [0, 0.1) is 0 Å². The minimum atomic E-state index is -0.0952. The van der Waals surface area contributed by atoms with Crippen LogP contribution < -0.4 is 0 Å².